The molecule has 1 fully saturated rings. The van der Waals surface area contributed by atoms with E-state index in [-0.39, 0.29) is 44.2 Å². The maximum atomic E-state index is 15.6. The van der Waals surface area contributed by atoms with Crippen molar-refractivity contribution in [3.8, 4) is 11.1 Å². The number of aromatic amines is 1. The number of unbranched alkanes of at least 4 members (excludes halogenated alkanes) is 12. The third kappa shape index (κ3) is 31.3. The lowest BCUT2D eigenvalue weighted by Crippen LogP contribution is -2.67. The van der Waals surface area contributed by atoms with Crippen molar-refractivity contribution < 1.29 is 102 Å². The fraction of sp³-hybridized carbons (Fsp3) is 0.500. The van der Waals surface area contributed by atoms with Crippen molar-refractivity contribution in [3.05, 3.63) is 156 Å². The van der Waals surface area contributed by atoms with Gasteiger partial charge in [-0.3, -0.25) is 72.1 Å². The molecule has 22 N–H and O–H groups in total. The Hall–Kier alpha value is -12.3. The Bertz CT molecular complexity index is 4470. The van der Waals surface area contributed by atoms with Crippen LogP contribution in [0.1, 0.15) is 178 Å². The van der Waals surface area contributed by atoms with Gasteiger partial charge in [-0.2, -0.15) is 0 Å². The van der Waals surface area contributed by atoms with Crippen LogP contribution >= 0.6 is 0 Å². The van der Waals surface area contributed by atoms with Gasteiger partial charge in [0.1, 0.15) is 59.2 Å². The smallest absolute Gasteiger partial charge is 0.305 e. The Morgan fingerprint density at radius 1 is 0.589 bits per heavy atom. The lowest BCUT2D eigenvalue weighted by molar-refractivity contribution is -0.146. The van der Waals surface area contributed by atoms with E-state index in [0.717, 1.165) is 101 Å². The van der Waals surface area contributed by atoms with Crippen LogP contribution in [0.5, 0.6) is 0 Å². The highest BCUT2D eigenvalue weighted by atomic mass is 19.1. The predicted octanol–water partition coefficient (Wildman–Crippen LogP) is 1.76. The number of imidazole rings is 1. The van der Waals surface area contributed by atoms with Gasteiger partial charge in [0.2, 0.25) is 65.0 Å². The molecule has 11 amide bonds. The summed E-state index contributed by atoms with van der Waals surface area (Å²) in [5.41, 5.74) is 19.2. The first-order valence-corrected chi connectivity index (χ1v) is 41.8. The van der Waals surface area contributed by atoms with Crippen LogP contribution < -0.4 is 75.3 Å². The lowest BCUT2D eigenvalue weighted by Gasteiger charge is -2.36. The van der Waals surface area contributed by atoms with Gasteiger partial charge in [0, 0.05) is 63.2 Å². The second kappa shape index (κ2) is 49.1. The Kier molecular flexibility index (Phi) is 39.2. The number of H-pyrrole nitrogens is 1. The minimum Gasteiger partial charge on any atom is -0.481 e. The molecule has 674 valence electrons. The molecule has 5 aromatic rings. The maximum absolute atomic E-state index is 15.6. The van der Waals surface area contributed by atoms with Gasteiger partial charge in [0.05, 0.1) is 55.5 Å². The summed E-state index contributed by atoms with van der Waals surface area (Å²) in [5.74, 6) is -17.1. The summed E-state index contributed by atoms with van der Waals surface area (Å²) in [6.07, 6.45) is 13.5. The number of nitrogens with two attached hydrogens (primary N) is 2. The zero-order valence-corrected chi connectivity index (χ0v) is 70.2. The first kappa shape index (κ1) is 98.8. The van der Waals surface area contributed by atoms with E-state index in [4.69, 9.17) is 16.6 Å². The summed E-state index contributed by atoms with van der Waals surface area (Å²) in [6, 6.07) is 14.0. The van der Waals surface area contributed by atoms with Gasteiger partial charge in [-0.05, 0) is 112 Å². The number of rotatable bonds is 54. The number of hydrogen-bond donors (Lipinski definition) is 20. The second-order valence-electron chi connectivity index (χ2n) is 31.8. The topological polar surface area (TPSA) is 580 Å². The highest BCUT2D eigenvalue weighted by molar-refractivity contribution is 6.01. The van der Waals surface area contributed by atoms with Gasteiger partial charge >= 0.3 is 17.9 Å². The number of nitrogens with one attached hydrogen (secondary N) is 12. The number of carboxylic acids is 3. The molecule has 37 nitrogen and oxygen atoms in total. The number of aliphatic hydroxyl groups excluding tert-OH is 3. The number of carboxylic acid groups (broad SMARTS) is 3. The summed E-state index contributed by atoms with van der Waals surface area (Å²) < 4.78 is 15.6. The van der Waals surface area contributed by atoms with Gasteiger partial charge in [-0.15, -0.1) is 5.53 Å². The molecular weight excluding hydrogens is 1610 g/mol. The van der Waals surface area contributed by atoms with Crippen LogP contribution in [0.3, 0.4) is 0 Å². The number of halogens is 1. The molecule has 0 saturated carbocycles. The summed E-state index contributed by atoms with van der Waals surface area (Å²) in [6.45, 7) is 2.40. The van der Waals surface area contributed by atoms with Crippen molar-refractivity contribution in [1.82, 2.24) is 73.7 Å². The van der Waals surface area contributed by atoms with E-state index in [2.05, 4.69) is 68.8 Å². The number of anilines is 1. The van der Waals surface area contributed by atoms with Crippen LogP contribution in [-0.4, -0.2) is 220 Å². The number of primary amides is 1. The number of carbonyl (C=O) groups is 14. The van der Waals surface area contributed by atoms with E-state index in [1.807, 2.05) is 36.5 Å². The normalized spacial score (nSPS) is 16.5. The third-order valence-corrected chi connectivity index (χ3v) is 21.7. The number of hydrazine groups is 2. The molecule has 0 radical (unpaired) electrons. The molecule has 4 aromatic carbocycles. The lowest BCUT2D eigenvalue weighted by atomic mass is 9.90. The van der Waals surface area contributed by atoms with Crippen molar-refractivity contribution in [2.24, 2.45) is 11.5 Å². The summed E-state index contributed by atoms with van der Waals surface area (Å²) in [4.78, 5) is 198. The van der Waals surface area contributed by atoms with Crippen molar-refractivity contribution in [2.75, 3.05) is 24.7 Å². The minimum absolute atomic E-state index is 0.0270. The van der Waals surface area contributed by atoms with Crippen LogP contribution in [0.25, 0.3) is 11.1 Å². The van der Waals surface area contributed by atoms with Gasteiger partial charge in [0.15, 0.2) is 0 Å². The number of allylic oxidation sites excluding steroid dienone is 1. The first-order valence-electron chi connectivity index (χ1n) is 41.8. The zero-order valence-electron chi connectivity index (χ0n) is 70.2. The highest BCUT2D eigenvalue weighted by Gasteiger charge is 2.48. The SMILES string of the molecule is C[C@@H](O)[C@H](NC(=O)CNC(=O)[C@H](CCC(=O)O)NC(=O)[C@]1(C)CCCN1C(=O)[C@@H](N)Cc1c[nH]cn1)C(=O)NC(C)(Cc1ccccc1F)C(=O)N[C@H](C(=O)N[C@@H](CO)C(=O)N[C@@H](CC(=O)O)C(=O)N[C@@H](Cc1ccc(-c2ccccc2)cc1)C(=O)N[C@@H](Cc1ccc(N2C=C(CCCCCCCCCCCCCCCC(=O)O)NN2)cc1)C(N)=O)[C@@H](C)O. The summed E-state index contributed by atoms with van der Waals surface area (Å²) in [5, 5.41) is 84.0. The van der Waals surface area contributed by atoms with Gasteiger partial charge in [0.25, 0.3) is 0 Å². The van der Waals surface area contributed by atoms with E-state index >= 15 is 4.39 Å². The molecule has 3 heterocycles. The fourth-order valence-corrected chi connectivity index (χ4v) is 14.5. The maximum Gasteiger partial charge on any atom is 0.305 e. The van der Waals surface area contributed by atoms with Crippen molar-refractivity contribution in [1.29, 1.82) is 0 Å². The average molecular weight is 1730 g/mol. The van der Waals surface area contributed by atoms with Gasteiger partial charge in [-0.1, -0.05) is 156 Å². The molecule has 1 aromatic heterocycles. The first-order chi connectivity index (χ1) is 59.1. The number of carbonyl (C=O) groups excluding carboxylic acids is 11. The number of likely N-dealkylation sites (tertiary alicyclic amines) is 1. The van der Waals surface area contributed by atoms with Crippen molar-refractivity contribution in [3.63, 3.8) is 0 Å². The molecule has 1 unspecified atom stereocenters. The molecule has 2 aliphatic heterocycles. The molecule has 1 saturated heterocycles. The van der Waals surface area contributed by atoms with Gasteiger partial charge < -0.3 is 105 Å². The molecule has 2 aliphatic rings. The quantitative estimate of drug-likeness (QED) is 0.0247. The van der Waals surface area contributed by atoms with Crippen molar-refractivity contribution in [2.45, 2.75) is 253 Å². The van der Waals surface area contributed by atoms with E-state index in [1.54, 1.807) is 59.7 Å². The van der Waals surface area contributed by atoms with Crippen LogP contribution in [0.2, 0.25) is 0 Å². The largest absolute Gasteiger partial charge is 0.481 e. The highest BCUT2D eigenvalue weighted by Crippen LogP contribution is 2.31. The number of aliphatic carboxylic acids is 3. The molecule has 7 rings (SSSR count). The minimum atomic E-state index is -2.43. The van der Waals surface area contributed by atoms with E-state index in [0.29, 0.717) is 23.2 Å². The summed E-state index contributed by atoms with van der Waals surface area (Å²) in [7, 11) is 0. The molecule has 0 aliphatic carbocycles. The van der Waals surface area contributed by atoms with E-state index in [1.165, 1.54) is 74.9 Å². The van der Waals surface area contributed by atoms with Crippen LogP contribution in [-0.2, 0) is 92.8 Å². The van der Waals surface area contributed by atoms with E-state index in [9.17, 15) is 92.7 Å². The van der Waals surface area contributed by atoms with Crippen LogP contribution in [0.15, 0.2) is 128 Å². The Balaban J connectivity index is 0.982. The average Bonchev–Trinajstić information content (AvgIpc) is 1.60. The number of aliphatic hydroxyl groups is 3. The third-order valence-electron chi connectivity index (χ3n) is 21.7. The second-order valence-corrected chi connectivity index (χ2v) is 31.8. The monoisotopic (exact) mass is 1730 g/mol. The summed E-state index contributed by atoms with van der Waals surface area (Å²) >= 11 is 0. The van der Waals surface area contributed by atoms with Crippen LogP contribution in [0.4, 0.5) is 10.1 Å². The molecule has 12 atom stereocenters. The van der Waals surface area contributed by atoms with Gasteiger partial charge in [-0.25, -0.2) is 9.37 Å². The Morgan fingerprint density at radius 3 is 1.71 bits per heavy atom. The molecule has 0 spiro atoms. The number of hydrogen-bond acceptors (Lipinski definition) is 22. The Labute approximate surface area is 717 Å². The van der Waals surface area contributed by atoms with Crippen LogP contribution in [0, 0.1) is 5.82 Å². The van der Waals surface area contributed by atoms with Crippen molar-refractivity contribution >= 4 is 88.6 Å². The number of nitrogens with zero attached hydrogens (tertiary/aromatic N) is 3. The molecular formula is C86H118FN17O20. The van der Waals surface area contributed by atoms with E-state index < -0.39 is 199 Å². The molecule has 124 heavy (non-hydrogen) atoms. The number of aromatic nitrogens is 2. The number of benzene rings is 4. The Morgan fingerprint density at radius 2 is 1.13 bits per heavy atom. The molecule has 0 bridgehead atoms. The number of amides is 11. The zero-order chi connectivity index (χ0) is 90.6. The predicted molar refractivity (Wildman–Crippen MR) is 451 cm³/mol. The fourth-order valence-electron chi connectivity index (χ4n) is 14.5. The molecule has 38 heteroatoms. The standard InChI is InChI=1S/C86H118FN17O20/c1-52(106)73(99-83(123)85(3,46-58-26-21-22-28-62(58)87)100-81(121)74(53(2)107)98-69(108)48-91-76(116)64(38-39-71(111)112)97-84(124)86(4)40-23-41-103(86)82(122)63(88)44-60-47-90-51-92-60)80(120)96-68(50-105)79(119)95-67(45-72(113)114)78(118)94-66(43-54-30-34-57(35-31-54)56-24-17-16-18-25-56)77(117)93-65(75(89)115)42-55-32-36-61(37-33-55)104-49-59(101-102-104)27-19-14-12-10-8-6-5-7-9-11-13-15-20-29-70(109)110/h16-18,21-22,24-26,28,30-37,47,49,51-53,63-68,73-74,101-102,105-107H,5-15,19-20,23,27,29,38-46,48,50,88H2,1-4H3,(H2,89,115)(H,90,92)(H,91,116)(H,93,117)(H,94,118)(H,95,119)(H,96,120)(H,97,124)(H,98,108)(H,99,123)(H,100,121)(H,109,110)(H,111,112)(H,113,114)/t52-,53-,63+,64+,65+,66+,67+,68+,73+,74+,85?,86+/m1/s1.